The van der Waals surface area contributed by atoms with Crippen LogP contribution in [0.1, 0.15) is 30.9 Å². The lowest BCUT2D eigenvalue weighted by atomic mass is 10.1. The standard InChI is InChI=1S/C26H29N7O5/c1-4-5-12-31-22-23(29-25(31)30-11-7-9-18(28)15-30)32(16-21(34)38-3)26(36)33(24(22)35)14-17-8-6-10-20(37-2)19(17)13-27/h6,8,10,18H,7,9,11-12,14-16,28H2,1-3H3. The van der Waals surface area contributed by atoms with Crippen LogP contribution in [0.5, 0.6) is 5.75 Å². The highest BCUT2D eigenvalue weighted by Gasteiger charge is 2.28. The summed E-state index contributed by atoms with van der Waals surface area (Å²) in [6.07, 6.45) is 1.71. The van der Waals surface area contributed by atoms with E-state index in [1.54, 1.807) is 29.7 Å². The van der Waals surface area contributed by atoms with E-state index in [9.17, 15) is 19.6 Å². The number of rotatable bonds is 7. The van der Waals surface area contributed by atoms with E-state index in [0.717, 1.165) is 22.0 Å². The molecule has 0 bridgehead atoms. The maximum atomic E-state index is 13.9. The van der Waals surface area contributed by atoms with Crippen LogP contribution in [0.2, 0.25) is 0 Å². The Morgan fingerprint density at radius 3 is 2.68 bits per heavy atom. The summed E-state index contributed by atoms with van der Waals surface area (Å²) in [6, 6.07) is 6.95. The quantitative estimate of drug-likeness (QED) is 0.346. The lowest BCUT2D eigenvalue weighted by Crippen LogP contribution is -2.44. The van der Waals surface area contributed by atoms with Gasteiger partial charge in [-0.25, -0.2) is 4.79 Å². The van der Waals surface area contributed by atoms with Crippen molar-refractivity contribution in [2.45, 2.75) is 45.4 Å². The third kappa shape index (κ3) is 4.86. The summed E-state index contributed by atoms with van der Waals surface area (Å²) in [7, 11) is 2.65. The van der Waals surface area contributed by atoms with Crippen molar-refractivity contribution in [2.24, 2.45) is 5.73 Å². The number of carbonyl (C=O) groups excluding carboxylic acids is 1. The van der Waals surface area contributed by atoms with Crippen molar-refractivity contribution >= 4 is 23.1 Å². The minimum absolute atomic E-state index is 0.0554. The second kappa shape index (κ2) is 11.2. The van der Waals surface area contributed by atoms with E-state index in [2.05, 4.69) is 22.9 Å². The summed E-state index contributed by atoms with van der Waals surface area (Å²) >= 11 is 0. The van der Waals surface area contributed by atoms with Crippen LogP contribution >= 0.6 is 0 Å². The molecule has 3 heterocycles. The second-order valence-corrected chi connectivity index (χ2v) is 8.89. The number of nitriles is 1. The second-order valence-electron chi connectivity index (χ2n) is 8.89. The fourth-order valence-corrected chi connectivity index (χ4v) is 4.67. The predicted molar refractivity (Wildman–Crippen MR) is 140 cm³/mol. The van der Waals surface area contributed by atoms with E-state index in [0.29, 0.717) is 30.4 Å². The van der Waals surface area contributed by atoms with E-state index in [1.807, 2.05) is 4.90 Å². The molecule has 0 aliphatic carbocycles. The Labute approximate surface area is 218 Å². The number of nitrogens with zero attached hydrogens (tertiary/aromatic N) is 6. The number of aromatic nitrogens is 4. The first-order chi connectivity index (χ1) is 18.3. The van der Waals surface area contributed by atoms with Gasteiger partial charge in [0.1, 0.15) is 18.4 Å². The van der Waals surface area contributed by atoms with Crippen LogP contribution in [-0.4, -0.2) is 58.0 Å². The van der Waals surface area contributed by atoms with Crippen LogP contribution in [0.3, 0.4) is 0 Å². The van der Waals surface area contributed by atoms with Crippen LogP contribution < -0.4 is 26.6 Å². The molecule has 1 fully saturated rings. The summed E-state index contributed by atoms with van der Waals surface area (Å²) in [5, 5.41) is 9.73. The fourth-order valence-electron chi connectivity index (χ4n) is 4.67. The molecule has 4 rings (SSSR count). The van der Waals surface area contributed by atoms with Crippen LogP contribution in [0, 0.1) is 23.2 Å². The Balaban J connectivity index is 2.02. The Morgan fingerprint density at radius 2 is 2.03 bits per heavy atom. The topological polar surface area (TPSA) is 150 Å². The first kappa shape index (κ1) is 26.5. The van der Waals surface area contributed by atoms with Gasteiger partial charge in [0.05, 0.1) is 32.9 Å². The van der Waals surface area contributed by atoms with E-state index in [4.69, 9.17) is 15.2 Å². The van der Waals surface area contributed by atoms with Gasteiger partial charge < -0.3 is 20.1 Å². The molecule has 198 valence electrons. The summed E-state index contributed by atoms with van der Waals surface area (Å²) in [6.45, 7) is 2.35. The minimum Gasteiger partial charge on any atom is -0.495 e. The van der Waals surface area contributed by atoms with Gasteiger partial charge in [0.15, 0.2) is 11.2 Å². The highest BCUT2D eigenvalue weighted by molar-refractivity contribution is 5.77. The number of ether oxygens (including phenoxy) is 2. The molecule has 1 unspecified atom stereocenters. The molecule has 0 saturated carbocycles. The van der Waals surface area contributed by atoms with Gasteiger partial charge >= 0.3 is 11.7 Å². The number of hydrogen-bond acceptors (Lipinski definition) is 9. The average molecular weight is 520 g/mol. The Morgan fingerprint density at radius 1 is 1.24 bits per heavy atom. The van der Waals surface area contributed by atoms with E-state index < -0.39 is 23.8 Å². The smallest absolute Gasteiger partial charge is 0.333 e. The molecule has 1 saturated heterocycles. The average Bonchev–Trinajstić information content (AvgIpc) is 3.31. The number of nitrogens with two attached hydrogens (primary N) is 1. The summed E-state index contributed by atoms with van der Waals surface area (Å²) in [5.41, 5.74) is 5.63. The summed E-state index contributed by atoms with van der Waals surface area (Å²) < 4.78 is 13.9. The number of hydrogen-bond donors (Lipinski definition) is 1. The lowest BCUT2D eigenvalue weighted by molar-refractivity contribution is -0.141. The molecule has 0 radical (unpaired) electrons. The molecule has 1 atom stereocenters. The van der Waals surface area contributed by atoms with Gasteiger partial charge in [-0.2, -0.15) is 10.2 Å². The maximum absolute atomic E-state index is 13.9. The van der Waals surface area contributed by atoms with Gasteiger partial charge in [0, 0.05) is 19.1 Å². The zero-order chi connectivity index (χ0) is 27.4. The van der Waals surface area contributed by atoms with Crippen molar-refractivity contribution in [1.29, 1.82) is 5.26 Å². The van der Waals surface area contributed by atoms with Gasteiger partial charge in [-0.05, 0) is 31.4 Å². The number of anilines is 1. The van der Waals surface area contributed by atoms with Gasteiger partial charge in [-0.3, -0.25) is 23.3 Å². The maximum Gasteiger partial charge on any atom is 0.333 e. The molecule has 2 N–H and O–H groups in total. The third-order valence-corrected chi connectivity index (χ3v) is 6.54. The van der Waals surface area contributed by atoms with Crippen LogP contribution in [0.4, 0.5) is 5.95 Å². The molecule has 12 heteroatoms. The van der Waals surface area contributed by atoms with Gasteiger partial charge in [0.2, 0.25) is 5.95 Å². The van der Waals surface area contributed by atoms with Gasteiger partial charge in [-0.15, -0.1) is 5.92 Å². The number of fused-ring (bicyclic) bond motifs is 1. The zero-order valence-corrected chi connectivity index (χ0v) is 21.6. The number of benzene rings is 1. The number of carbonyl (C=O) groups is 1. The molecule has 0 amide bonds. The zero-order valence-electron chi connectivity index (χ0n) is 21.6. The van der Waals surface area contributed by atoms with Crippen molar-refractivity contribution in [2.75, 3.05) is 32.2 Å². The number of imidazole rings is 1. The molecule has 2 aromatic heterocycles. The molecular weight excluding hydrogens is 490 g/mol. The largest absolute Gasteiger partial charge is 0.495 e. The van der Waals surface area contributed by atoms with Crippen LogP contribution in [-0.2, 0) is 29.2 Å². The Bertz CT molecular complexity index is 1600. The molecular formula is C26H29N7O5. The molecule has 1 aliphatic heterocycles. The van der Waals surface area contributed by atoms with Crippen molar-refractivity contribution in [3.8, 4) is 23.7 Å². The third-order valence-electron chi connectivity index (χ3n) is 6.54. The number of esters is 1. The van der Waals surface area contributed by atoms with E-state index in [-0.39, 0.29) is 35.9 Å². The summed E-state index contributed by atoms with van der Waals surface area (Å²) in [5.74, 6) is 5.90. The Kier molecular flexibility index (Phi) is 7.84. The molecule has 3 aromatic rings. The van der Waals surface area contributed by atoms with Gasteiger partial charge in [-0.1, -0.05) is 18.1 Å². The van der Waals surface area contributed by atoms with Crippen LogP contribution in [0.25, 0.3) is 11.2 Å². The highest BCUT2D eigenvalue weighted by Crippen LogP contribution is 2.24. The highest BCUT2D eigenvalue weighted by atomic mass is 16.5. The first-order valence-corrected chi connectivity index (χ1v) is 12.1. The fraction of sp³-hybridized carbons (Fsp3) is 0.423. The molecule has 12 nitrogen and oxygen atoms in total. The lowest BCUT2D eigenvalue weighted by Gasteiger charge is -2.31. The predicted octanol–water partition coefficient (Wildman–Crippen LogP) is 0.412. The van der Waals surface area contributed by atoms with Crippen molar-refractivity contribution in [1.82, 2.24) is 18.7 Å². The molecule has 0 spiro atoms. The molecule has 1 aliphatic rings. The number of piperidine rings is 1. The number of methoxy groups -OCH3 is 2. The Hall–Kier alpha value is -4.55. The van der Waals surface area contributed by atoms with Crippen molar-refractivity contribution in [3.63, 3.8) is 0 Å². The first-order valence-electron chi connectivity index (χ1n) is 12.1. The monoisotopic (exact) mass is 519 g/mol. The van der Waals surface area contributed by atoms with Crippen molar-refractivity contribution < 1.29 is 14.3 Å². The van der Waals surface area contributed by atoms with E-state index in [1.165, 1.54) is 14.2 Å². The van der Waals surface area contributed by atoms with Gasteiger partial charge in [0.25, 0.3) is 5.56 Å². The van der Waals surface area contributed by atoms with Crippen molar-refractivity contribution in [3.05, 3.63) is 50.2 Å². The summed E-state index contributed by atoms with van der Waals surface area (Å²) in [4.78, 5) is 46.6. The molecule has 1 aromatic carbocycles. The molecule has 38 heavy (non-hydrogen) atoms. The minimum atomic E-state index is -0.757. The van der Waals surface area contributed by atoms with Crippen LogP contribution in [0.15, 0.2) is 27.8 Å². The van der Waals surface area contributed by atoms with E-state index >= 15 is 0 Å². The SMILES string of the molecule is CC#CCn1c(N2CCCC(N)C2)nc2c1c(=O)n(Cc1cccc(OC)c1C#N)c(=O)n2CC(=O)OC. The normalized spacial score (nSPS) is 15.0.